The van der Waals surface area contributed by atoms with Crippen LogP contribution in [0.2, 0.25) is 0 Å². The Labute approximate surface area is 146 Å². The summed E-state index contributed by atoms with van der Waals surface area (Å²) in [5.74, 6) is 0.274. The van der Waals surface area contributed by atoms with Crippen molar-refractivity contribution in [3.63, 3.8) is 0 Å². The molecule has 0 aromatic heterocycles. The minimum Gasteiger partial charge on any atom is -0.369 e. The van der Waals surface area contributed by atoms with Crippen molar-refractivity contribution >= 4 is 11.6 Å². The van der Waals surface area contributed by atoms with Crippen LogP contribution in [0.3, 0.4) is 0 Å². The van der Waals surface area contributed by atoms with E-state index >= 15 is 0 Å². The van der Waals surface area contributed by atoms with Crippen LogP contribution in [0.4, 0.5) is 5.69 Å². The van der Waals surface area contributed by atoms with Crippen LogP contribution in [-0.4, -0.2) is 49.6 Å². The van der Waals surface area contributed by atoms with Gasteiger partial charge in [-0.1, -0.05) is 31.5 Å². The van der Waals surface area contributed by atoms with Gasteiger partial charge in [0.2, 0.25) is 5.91 Å². The van der Waals surface area contributed by atoms with Crippen LogP contribution >= 0.6 is 0 Å². The summed E-state index contributed by atoms with van der Waals surface area (Å²) in [4.78, 5) is 17.3. The van der Waals surface area contributed by atoms with Gasteiger partial charge >= 0.3 is 0 Å². The van der Waals surface area contributed by atoms with Crippen molar-refractivity contribution in [1.29, 1.82) is 0 Å². The number of hydrogen-bond donors (Lipinski definition) is 1. The number of nitrogens with one attached hydrogen (secondary N) is 1. The van der Waals surface area contributed by atoms with E-state index in [1.807, 2.05) is 0 Å². The van der Waals surface area contributed by atoms with Crippen molar-refractivity contribution in [3.05, 3.63) is 29.8 Å². The van der Waals surface area contributed by atoms with Crippen molar-refractivity contribution in [3.8, 4) is 0 Å². The molecular weight excluding hydrogens is 298 g/mol. The Balaban J connectivity index is 1.51. The first kappa shape index (κ1) is 17.3. The lowest BCUT2D eigenvalue weighted by molar-refractivity contribution is -0.128. The molecule has 0 spiro atoms. The summed E-state index contributed by atoms with van der Waals surface area (Å²) in [7, 11) is 0. The van der Waals surface area contributed by atoms with Gasteiger partial charge in [0.15, 0.2) is 0 Å². The van der Waals surface area contributed by atoms with Crippen LogP contribution in [0, 0.1) is 12.3 Å². The molecule has 132 valence electrons. The van der Waals surface area contributed by atoms with Crippen molar-refractivity contribution in [1.82, 2.24) is 10.2 Å². The second-order valence-electron chi connectivity index (χ2n) is 7.49. The average molecular weight is 329 g/mol. The molecule has 24 heavy (non-hydrogen) atoms. The average Bonchev–Trinajstić information content (AvgIpc) is 2.92. The first-order valence-electron chi connectivity index (χ1n) is 9.41. The lowest BCUT2D eigenvalue weighted by atomic mass is 9.79. The maximum atomic E-state index is 12.3. The molecule has 1 atom stereocenters. The minimum atomic E-state index is -0.117. The Morgan fingerprint density at radius 3 is 2.25 bits per heavy atom. The predicted molar refractivity (Wildman–Crippen MR) is 99.4 cm³/mol. The molecule has 0 unspecified atom stereocenters. The second kappa shape index (κ2) is 7.14. The van der Waals surface area contributed by atoms with E-state index in [1.54, 1.807) is 0 Å². The fraction of sp³-hybridized carbons (Fsp3) is 0.650. The number of piperazine rings is 1. The molecule has 0 saturated carbocycles. The van der Waals surface area contributed by atoms with Gasteiger partial charge in [0.05, 0.1) is 5.41 Å². The zero-order chi connectivity index (χ0) is 17.2. The highest BCUT2D eigenvalue weighted by Crippen LogP contribution is 2.37. The van der Waals surface area contributed by atoms with Crippen LogP contribution in [-0.2, 0) is 4.79 Å². The van der Waals surface area contributed by atoms with E-state index in [9.17, 15) is 4.79 Å². The maximum Gasteiger partial charge on any atom is 0.226 e. The fourth-order valence-corrected chi connectivity index (χ4v) is 4.18. The molecule has 2 heterocycles. The SMILES string of the molecule is CCC1(CC)C[C@H](CN2CCN(c3ccc(C)cc3)CC2)NC1=O. The van der Waals surface area contributed by atoms with Crippen LogP contribution in [0.25, 0.3) is 0 Å². The highest BCUT2D eigenvalue weighted by Gasteiger charge is 2.44. The van der Waals surface area contributed by atoms with E-state index in [1.165, 1.54) is 11.3 Å². The van der Waals surface area contributed by atoms with Gasteiger partial charge in [0.25, 0.3) is 0 Å². The quantitative estimate of drug-likeness (QED) is 0.902. The van der Waals surface area contributed by atoms with Crippen molar-refractivity contribution < 1.29 is 4.79 Å². The largest absolute Gasteiger partial charge is 0.369 e. The summed E-state index contributed by atoms with van der Waals surface area (Å²) in [6, 6.07) is 9.14. The molecule has 1 aromatic carbocycles. The monoisotopic (exact) mass is 329 g/mol. The molecule has 1 N–H and O–H groups in total. The normalized spacial score (nSPS) is 24.2. The molecular formula is C20H31N3O. The van der Waals surface area contributed by atoms with E-state index in [0.717, 1.165) is 52.0 Å². The van der Waals surface area contributed by atoms with Gasteiger partial charge in [-0.25, -0.2) is 0 Å². The molecule has 0 radical (unpaired) electrons. The van der Waals surface area contributed by atoms with E-state index in [-0.39, 0.29) is 11.3 Å². The summed E-state index contributed by atoms with van der Waals surface area (Å²) in [5, 5.41) is 3.25. The highest BCUT2D eigenvalue weighted by molar-refractivity contribution is 5.85. The third-order valence-electron chi connectivity index (χ3n) is 6.06. The second-order valence-corrected chi connectivity index (χ2v) is 7.49. The molecule has 2 saturated heterocycles. The molecule has 2 aliphatic rings. The standard InChI is InChI=1S/C20H31N3O/c1-4-20(5-2)14-17(21-19(20)24)15-22-10-12-23(13-11-22)18-8-6-16(3)7-9-18/h6-9,17H,4-5,10-15H2,1-3H3,(H,21,24)/t17-/m1/s1. The fourth-order valence-electron chi connectivity index (χ4n) is 4.18. The van der Waals surface area contributed by atoms with E-state index < -0.39 is 0 Å². The third-order valence-corrected chi connectivity index (χ3v) is 6.06. The molecule has 2 aliphatic heterocycles. The van der Waals surface area contributed by atoms with Crippen molar-refractivity contribution in [2.45, 2.75) is 46.1 Å². The number of aryl methyl sites for hydroxylation is 1. The summed E-state index contributed by atoms with van der Waals surface area (Å²) in [6.07, 6.45) is 2.90. The lowest BCUT2D eigenvalue weighted by Crippen LogP contribution is -2.50. The molecule has 4 nitrogen and oxygen atoms in total. The van der Waals surface area contributed by atoms with E-state index in [0.29, 0.717) is 6.04 Å². The Bertz CT molecular complexity index is 557. The lowest BCUT2D eigenvalue weighted by Gasteiger charge is -2.37. The molecule has 1 amide bonds. The number of carbonyl (C=O) groups is 1. The Morgan fingerprint density at radius 2 is 1.71 bits per heavy atom. The van der Waals surface area contributed by atoms with Gasteiger partial charge < -0.3 is 10.2 Å². The number of carbonyl (C=O) groups excluding carboxylic acids is 1. The first-order chi connectivity index (χ1) is 11.6. The van der Waals surface area contributed by atoms with E-state index in [2.05, 4.69) is 60.2 Å². The number of nitrogens with zero attached hydrogens (tertiary/aromatic N) is 2. The Morgan fingerprint density at radius 1 is 1.08 bits per heavy atom. The van der Waals surface area contributed by atoms with Gasteiger partial charge in [0, 0.05) is 44.5 Å². The van der Waals surface area contributed by atoms with Crippen molar-refractivity contribution in [2.24, 2.45) is 5.41 Å². The van der Waals surface area contributed by atoms with Gasteiger partial charge in [-0.05, 0) is 38.3 Å². The number of hydrogen-bond acceptors (Lipinski definition) is 3. The molecule has 2 fully saturated rings. The number of benzene rings is 1. The number of rotatable bonds is 5. The zero-order valence-corrected chi connectivity index (χ0v) is 15.3. The van der Waals surface area contributed by atoms with Crippen LogP contribution in [0.5, 0.6) is 0 Å². The highest BCUT2D eigenvalue weighted by atomic mass is 16.2. The van der Waals surface area contributed by atoms with Gasteiger partial charge in [-0.15, -0.1) is 0 Å². The summed E-state index contributed by atoms with van der Waals surface area (Å²) in [6.45, 7) is 11.7. The summed E-state index contributed by atoms with van der Waals surface area (Å²) in [5.41, 5.74) is 2.52. The van der Waals surface area contributed by atoms with Crippen LogP contribution in [0.15, 0.2) is 24.3 Å². The maximum absolute atomic E-state index is 12.3. The molecule has 0 aliphatic carbocycles. The number of amides is 1. The van der Waals surface area contributed by atoms with Gasteiger partial charge in [-0.3, -0.25) is 9.69 Å². The van der Waals surface area contributed by atoms with Gasteiger partial charge in [0.1, 0.15) is 0 Å². The molecule has 0 bridgehead atoms. The Kier molecular flexibility index (Phi) is 5.14. The van der Waals surface area contributed by atoms with Crippen LogP contribution < -0.4 is 10.2 Å². The van der Waals surface area contributed by atoms with Gasteiger partial charge in [-0.2, -0.15) is 0 Å². The van der Waals surface area contributed by atoms with Crippen LogP contribution in [0.1, 0.15) is 38.7 Å². The Hall–Kier alpha value is -1.55. The molecule has 3 rings (SSSR count). The zero-order valence-electron chi connectivity index (χ0n) is 15.3. The molecule has 1 aromatic rings. The van der Waals surface area contributed by atoms with Crippen molar-refractivity contribution in [2.75, 3.05) is 37.6 Å². The predicted octanol–water partition coefficient (Wildman–Crippen LogP) is 2.81. The van der Waals surface area contributed by atoms with E-state index in [4.69, 9.17) is 0 Å². The minimum absolute atomic E-state index is 0.117. The smallest absolute Gasteiger partial charge is 0.226 e. The first-order valence-corrected chi connectivity index (χ1v) is 9.41. The summed E-state index contributed by atoms with van der Waals surface area (Å²) < 4.78 is 0. The topological polar surface area (TPSA) is 35.6 Å². The number of anilines is 1. The summed E-state index contributed by atoms with van der Waals surface area (Å²) >= 11 is 0. The molecule has 4 heteroatoms. The third kappa shape index (κ3) is 3.44.